The molecule has 1 amide bonds. The Labute approximate surface area is 181 Å². The number of benzene rings is 3. The molecule has 2 heterocycles. The Hall–Kier alpha value is -2.82. The van der Waals surface area contributed by atoms with Crippen molar-refractivity contribution in [2.45, 2.75) is 6.54 Å². The maximum absolute atomic E-state index is 12.6. The zero-order valence-electron chi connectivity index (χ0n) is 15.3. The van der Waals surface area contributed by atoms with Crippen molar-refractivity contribution >= 4 is 61.7 Å². The van der Waals surface area contributed by atoms with Crippen LogP contribution in [0.3, 0.4) is 0 Å². The van der Waals surface area contributed by atoms with Gasteiger partial charge in [-0.1, -0.05) is 63.9 Å². The zero-order chi connectivity index (χ0) is 20.0. The van der Waals surface area contributed by atoms with Crippen LogP contribution in [0.25, 0.3) is 22.6 Å². The highest BCUT2D eigenvalue weighted by Crippen LogP contribution is 2.36. The molecule has 0 atom stereocenters. The summed E-state index contributed by atoms with van der Waals surface area (Å²) in [7, 11) is 0. The Kier molecular flexibility index (Phi) is 4.53. The molecule has 0 radical (unpaired) electrons. The smallest absolute Gasteiger partial charge is 0.256 e. The highest BCUT2D eigenvalue weighted by Gasteiger charge is 2.24. The van der Waals surface area contributed by atoms with E-state index in [9.17, 15) is 4.79 Å². The maximum Gasteiger partial charge on any atom is 0.256 e. The number of aromatic nitrogens is 1. The minimum atomic E-state index is -0.105. The van der Waals surface area contributed by atoms with Crippen molar-refractivity contribution in [3.05, 3.63) is 99.1 Å². The third kappa shape index (κ3) is 3.39. The Morgan fingerprint density at radius 1 is 1.03 bits per heavy atom. The molecule has 3 nitrogen and oxygen atoms in total. The van der Waals surface area contributed by atoms with Gasteiger partial charge in [0.05, 0.1) is 5.69 Å². The van der Waals surface area contributed by atoms with E-state index in [2.05, 4.69) is 68.4 Å². The van der Waals surface area contributed by atoms with Crippen molar-refractivity contribution < 1.29 is 4.79 Å². The van der Waals surface area contributed by atoms with Gasteiger partial charge in [0.25, 0.3) is 5.91 Å². The molecule has 142 valence electrons. The van der Waals surface area contributed by atoms with Crippen molar-refractivity contribution in [2.24, 2.45) is 0 Å². The van der Waals surface area contributed by atoms with Crippen molar-refractivity contribution in [2.75, 3.05) is 5.32 Å². The van der Waals surface area contributed by atoms with E-state index in [-0.39, 0.29) is 5.91 Å². The first kappa shape index (κ1) is 18.2. The van der Waals surface area contributed by atoms with Gasteiger partial charge >= 0.3 is 0 Å². The van der Waals surface area contributed by atoms with Crippen molar-refractivity contribution in [1.29, 1.82) is 0 Å². The highest BCUT2D eigenvalue weighted by molar-refractivity contribution is 9.10. The lowest BCUT2D eigenvalue weighted by Crippen LogP contribution is -2.03. The molecule has 3 aromatic carbocycles. The lowest BCUT2D eigenvalue weighted by molar-refractivity contribution is -0.110. The first-order valence-electron chi connectivity index (χ1n) is 9.24. The van der Waals surface area contributed by atoms with E-state index in [0.717, 1.165) is 38.7 Å². The average molecular weight is 464 g/mol. The van der Waals surface area contributed by atoms with Gasteiger partial charge < -0.3 is 9.88 Å². The standard InChI is InChI=1S/C24H16BrClN2O/c25-17-7-5-15(6-8-17)13-28-14-16(19-3-1-2-4-23(19)28)11-21-20-10-9-18(26)12-22(20)27-24(21)29/h1-12,14H,13H2,(H,27,29)/b21-11+. The van der Waals surface area contributed by atoms with Crippen LogP contribution < -0.4 is 5.32 Å². The predicted molar refractivity (Wildman–Crippen MR) is 123 cm³/mol. The quantitative estimate of drug-likeness (QED) is 0.341. The Morgan fingerprint density at radius 2 is 1.83 bits per heavy atom. The molecule has 0 spiro atoms. The molecule has 1 aromatic heterocycles. The lowest BCUT2D eigenvalue weighted by atomic mass is 10.0. The summed E-state index contributed by atoms with van der Waals surface area (Å²) in [6.07, 6.45) is 4.08. The van der Waals surface area contributed by atoms with Crippen LogP contribution in [0.4, 0.5) is 5.69 Å². The molecular weight excluding hydrogens is 448 g/mol. The van der Waals surface area contributed by atoms with E-state index in [1.54, 1.807) is 6.07 Å². The lowest BCUT2D eigenvalue weighted by Gasteiger charge is -2.05. The Morgan fingerprint density at radius 3 is 2.66 bits per heavy atom. The van der Waals surface area contributed by atoms with Gasteiger partial charge in [0.1, 0.15) is 0 Å². The monoisotopic (exact) mass is 462 g/mol. The molecule has 0 fully saturated rings. The fourth-order valence-electron chi connectivity index (χ4n) is 3.77. The number of carbonyl (C=O) groups excluding carboxylic acids is 1. The normalized spacial score (nSPS) is 14.4. The van der Waals surface area contributed by atoms with Gasteiger partial charge in [-0.3, -0.25) is 4.79 Å². The van der Waals surface area contributed by atoms with E-state index in [0.29, 0.717) is 10.6 Å². The van der Waals surface area contributed by atoms with Crippen LogP contribution in [0.15, 0.2) is 77.4 Å². The summed E-state index contributed by atoms with van der Waals surface area (Å²) < 4.78 is 3.29. The number of amides is 1. The van der Waals surface area contributed by atoms with Crippen LogP contribution in [0.2, 0.25) is 5.02 Å². The molecule has 4 aromatic rings. The summed E-state index contributed by atoms with van der Waals surface area (Å²) in [6.45, 7) is 0.759. The van der Waals surface area contributed by atoms with Gasteiger partial charge in [0.15, 0.2) is 0 Å². The number of fused-ring (bicyclic) bond motifs is 2. The molecule has 0 saturated heterocycles. The summed E-state index contributed by atoms with van der Waals surface area (Å²) in [5.74, 6) is -0.105. The molecular formula is C24H16BrClN2O. The van der Waals surface area contributed by atoms with Crippen molar-refractivity contribution in [3.8, 4) is 0 Å². The number of para-hydroxylation sites is 1. The van der Waals surface area contributed by atoms with Crippen LogP contribution in [0.5, 0.6) is 0 Å². The molecule has 29 heavy (non-hydrogen) atoms. The van der Waals surface area contributed by atoms with Gasteiger partial charge in [0.2, 0.25) is 0 Å². The predicted octanol–water partition coefficient (Wildman–Crippen LogP) is 6.60. The summed E-state index contributed by atoms with van der Waals surface area (Å²) in [5, 5.41) is 4.63. The van der Waals surface area contributed by atoms with Gasteiger partial charge in [-0.2, -0.15) is 0 Å². The zero-order valence-corrected chi connectivity index (χ0v) is 17.7. The average Bonchev–Trinajstić information content (AvgIpc) is 3.21. The number of hydrogen-bond donors (Lipinski definition) is 1. The Balaban J connectivity index is 1.61. The first-order chi connectivity index (χ1) is 14.1. The van der Waals surface area contributed by atoms with E-state index < -0.39 is 0 Å². The number of halogens is 2. The number of nitrogens with zero attached hydrogens (tertiary/aromatic N) is 1. The fraction of sp³-hybridized carbons (Fsp3) is 0.0417. The number of carbonyl (C=O) groups is 1. The van der Waals surface area contributed by atoms with Crippen molar-refractivity contribution in [1.82, 2.24) is 4.57 Å². The topological polar surface area (TPSA) is 34.0 Å². The molecule has 5 rings (SSSR count). The summed E-state index contributed by atoms with van der Waals surface area (Å²) in [6, 6.07) is 22.1. The summed E-state index contributed by atoms with van der Waals surface area (Å²) >= 11 is 9.56. The molecule has 5 heteroatoms. The van der Waals surface area contributed by atoms with E-state index >= 15 is 0 Å². The molecule has 0 unspecified atom stereocenters. The highest BCUT2D eigenvalue weighted by atomic mass is 79.9. The van der Waals surface area contributed by atoms with Crippen LogP contribution in [-0.2, 0) is 11.3 Å². The third-order valence-electron chi connectivity index (χ3n) is 5.15. The molecule has 0 aliphatic carbocycles. The second kappa shape index (κ2) is 7.21. The second-order valence-electron chi connectivity index (χ2n) is 7.06. The van der Waals surface area contributed by atoms with Crippen molar-refractivity contribution in [3.63, 3.8) is 0 Å². The first-order valence-corrected chi connectivity index (χ1v) is 10.4. The number of nitrogens with one attached hydrogen (secondary N) is 1. The molecule has 0 bridgehead atoms. The van der Waals surface area contributed by atoms with Gasteiger partial charge in [-0.25, -0.2) is 0 Å². The molecule has 1 aliphatic rings. The largest absolute Gasteiger partial charge is 0.342 e. The van der Waals surface area contributed by atoms with E-state index in [1.165, 1.54) is 5.56 Å². The fourth-order valence-corrected chi connectivity index (χ4v) is 4.21. The molecule has 0 saturated carbocycles. The third-order valence-corrected chi connectivity index (χ3v) is 5.91. The minimum absolute atomic E-state index is 0.105. The second-order valence-corrected chi connectivity index (χ2v) is 8.41. The summed E-state index contributed by atoms with van der Waals surface area (Å²) in [5.41, 5.74) is 5.66. The molecule has 1 aliphatic heterocycles. The van der Waals surface area contributed by atoms with E-state index in [1.807, 2.05) is 30.3 Å². The van der Waals surface area contributed by atoms with Crippen LogP contribution >= 0.6 is 27.5 Å². The van der Waals surface area contributed by atoms with Gasteiger partial charge in [-0.15, -0.1) is 0 Å². The number of hydrogen-bond acceptors (Lipinski definition) is 1. The van der Waals surface area contributed by atoms with Crippen LogP contribution in [-0.4, -0.2) is 10.5 Å². The van der Waals surface area contributed by atoms with E-state index in [4.69, 9.17) is 11.6 Å². The summed E-state index contributed by atoms with van der Waals surface area (Å²) in [4.78, 5) is 12.6. The number of rotatable bonds is 3. The SMILES string of the molecule is O=C1Nc2cc(Cl)ccc2/C1=C\c1cn(Cc2ccc(Br)cc2)c2ccccc12. The van der Waals surface area contributed by atoms with Crippen LogP contribution in [0, 0.1) is 0 Å². The van der Waals surface area contributed by atoms with Crippen LogP contribution in [0.1, 0.15) is 16.7 Å². The molecule has 1 N–H and O–H groups in total. The minimum Gasteiger partial charge on any atom is -0.342 e. The number of anilines is 1. The maximum atomic E-state index is 12.6. The Bertz CT molecular complexity index is 1290. The van der Waals surface area contributed by atoms with Gasteiger partial charge in [0, 0.05) is 49.8 Å². The van der Waals surface area contributed by atoms with Gasteiger partial charge in [-0.05, 0) is 42.0 Å².